The van der Waals surface area contributed by atoms with Crippen molar-refractivity contribution < 1.29 is 19.1 Å². The van der Waals surface area contributed by atoms with Crippen LogP contribution in [0.2, 0.25) is 0 Å². The van der Waals surface area contributed by atoms with Gasteiger partial charge in [-0.3, -0.25) is 0 Å². The predicted molar refractivity (Wildman–Crippen MR) is 115 cm³/mol. The van der Waals surface area contributed by atoms with E-state index in [2.05, 4.69) is 0 Å². The smallest absolute Gasteiger partial charge is 0.410 e. The molecule has 2 bridgehead atoms. The van der Waals surface area contributed by atoms with Gasteiger partial charge < -0.3 is 19.3 Å². The highest BCUT2D eigenvalue weighted by Gasteiger charge is 2.54. The largest absolute Gasteiger partial charge is 0.445 e. The fraction of sp³-hybridized carbons (Fsp3) is 0.440. The highest BCUT2D eigenvalue weighted by Crippen LogP contribution is 2.46. The molecule has 0 N–H and O–H groups in total. The molecule has 2 aromatic carbocycles. The van der Waals surface area contributed by atoms with E-state index in [0.717, 1.165) is 30.4 Å². The lowest BCUT2D eigenvalue weighted by Crippen LogP contribution is -2.58. The summed E-state index contributed by atoms with van der Waals surface area (Å²) in [6.07, 6.45) is 3.61. The van der Waals surface area contributed by atoms with Crippen LogP contribution in [0, 0.1) is 0 Å². The SMILES string of the molecule is O=C1OC2(CCN1Cc1ccccc1)C[C@H]1CC[C@@H](C2)N1C(=O)OCc1ccccc1. The average Bonchev–Trinajstić information content (AvgIpc) is 3.07. The highest BCUT2D eigenvalue weighted by molar-refractivity contribution is 5.71. The van der Waals surface area contributed by atoms with E-state index >= 15 is 0 Å². The second-order valence-corrected chi connectivity index (χ2v) is 8.95. The van der Waals surface area contributed by atoms with Gasteiger partial charge in [-0.25, -0.2) is 9.59 Å². The van der Waals surface area contributed by atoms with Crippen molar-refractivity contribution in [3.63, 3.8) is 0 Å². The maximum absolute atomic E-state index is 12.8. The van der Waals surface area contributed by atoms with E-state index in [4.69, 9.17) is 9.47 Å². The van der Waals surface area contributed by atoms with Crippen LogP contribution < -0.4 is 0 Å². The van der Waals surface area contributed by atoms with Gasteiger partial charge in [-0.1, -0.05) is 60.7 Å². The van der Waals surface area contributed by atoms with Crippen molar-refractivity contribution >= 4 is 12.2 Å². The molecule has 3 aliphatic rings. The van der Waals surface area contributed by atoms with E-state index in [1.165, 1.54) is 0 Å². The Kier molecular flexibility index (Phi) is 5.30. The third-order valence-corrected chi connectivity index (χ3v) is 6.87. The minimum Gasteiger partial charge on any atom is -0.445 e. The van der Waals surface area contributed by atoms with Crippen LogP contribution in [-0.4, -0.2) is 46.2 Å². The van der Waals surface area contributed by atoms with Gasteiger partial charge in [0.25, 0.3) is 0 Å². The van der Waals surface area contributed by atoms with Crippen molar-refractivity contribution in [3.8, 4) is 0 Å². The van der Waals surface area contributed by atoms with Crippen molar-refractivity contribution in [3.05, 3.63) is 71.8 Å². The number of carbonyl (C=O) groups excluding carboxylic acids is 2. The van der Waals surface area contributed by atoms with Gasteiger partial charge >= 0.3 is 12.2 Å². The molecule has 5 rings (SSSR count). The number of fused-ring (bicyclic) bond motifs is 2. The zero-order valence-electron chi connectivity index (χ0n) is 17.6. The van der Waals surface area contributed by atoms with Gasteiger partial charge in [0.2, 0.25) is 0 Å². The van der Waals surface area contributed by atoms with Crippen molar-refractivity contribution in [1.82, 2.24) is 9.80 Å². The van der Waals surface area contributed by atoms with Gasteiger partial charge in [0.1, 0.15) is 12.2 Å². The Bertz CT molecular complexity index is 919. The molecule has 162 valence electrons. The summed E-state index contributed by atoms with van der Waals surface area (Å²) in [6, 6.07) is 19.9. The summed E-state index contributed by atoms with van der Waals surface area (Å²) in [7, 11) is 0. The van der Waals surface area contributed by atoms with Crippen LogP contribution in [0.15, 0.2) is 60.7 Å². The molecule has 0 aromatic heterocycles. The third-order valence-electron chi connectivity index (χ3n) is 6.87. The monoisotopic (exact) mass is 420 g/mol. The van der Waals surface area contributed by atoms with E-state index in [1.807, 2.05) is 65.6 Å². The molecule has 2 aromatic rings. The number of amides is 2. The summed E-state index contributed by atoms with van der Waals surface area (Å²) in [5, 5.41) is 0. The lowest BCUT2D eigenvalue weighted by molar-refractivity contribution is -0.0967. The molecule has 3 atom stereocenters. The zero-order chi connectivity index (χ0) is 21.3. The van der Waals surface area contributed by atoms with Crippen LogP contribution in [0.25, 0.3) is 0 Å². The van der Waals surface area contributed by atoms with Gasteiger partial charge in [-0.05, 0) is 24.0 Å². The second-order valence-electron chi connectivity index (χ2n) is 8.95. The first-order valence-electron chi connectivity index (χ1n) is 11.1. The molecule has 1 spiro atoms. The summed E-state index contributed by atoms with van der Waals surface area (Å²) in [5.41, 5.74) is 1.63. The van der Waals surface area contributed by atoms with Gasteiger partial charge in [-0.15, -0.1) is 0 Å². The molecule has 3 aliphatic heterocycles. The number of carbonyl (C=O) groups is 2. The molecular formula is C25H28N2O4. The van der Waals surface area contributed by atoms with E-state index in [9.17, 15) is 9.59 Å². The maximum atomic E-state index is 12.8. The van der Waals surface area contributed by atoms with E-state index < -0.39 is 5.60 Å². The molecule has 3 saturated heterocycles. The fourth-order valence-electron chi connectivity index (χ4n) is 5.36. The molecule has 1 unspecified atom stereocenters. The number of hydrogen-bond donors (Lipinski definition) is 0. The number of ether oxygens (including phenoxy) is 2. The quantitative estimate of drug-likeness (QED) is 0.717. The van der Waals surface area contributed by atoms with Crippen molar-refractivity contribution in [2.24, 2.45) is 0 Å². The maximum Gasteiger partial charge on any atom is 0.410 e. The number of benzene rings is 2. The first-order valence-corrected chi connectivity index (χ1v) is 11.1. The Hall–Kier alpha value is -3.02. The fourth-order valence-corrected chi connectivity index (χ4v) is 5.36. The van der Waals surface area contributed by atoms with E-state index in [-0.39, 0.29) is 30.9 Å². The standard InChI is InChI=1S/C25H28N2O4/c28-23-26(17-19-7-3-1-4-8-19)14-13-25(31-23)15-21-11-12-22(16-25)27(21)24(29)30-18-20-9-5-2-6-10-20/h1-10,21-22H,11-18H2/t21-,22+,25?. The van der Waals surface area contributed by atoms with Crippen LogP contribution in [-0.2, 0) is 22.6 Å². The molecule has 6 nitrogen and oxygen atoms in total. The van der Waals surface area contributed by atoms with Crippen LogP contribution in [0.1, 0.15) is 43.2 Å². The Morgan fingerprint density at radius 3 is 2.19 bits per heavy atom. The predicted octanol–water partition coefficient (Wildman–Crippen LogP) is 4.73. The Morgan fingerprint density at radius 2 is 1.58 bits per heavy atom. The normalized spacial score (nSPS) is 27.3. The van der Waals surface area contributed by atoms with Gasteiger partial charge in [0, 0.05) is 44.4 Å². The van der Waals surface area contributed by atoms with Gasteiger partial charge in [-0.2, -0.15) is 0 Å². The molecule has 31 heavy (non-hydrogen) atoms. The molecule has 0 saturated carbocycles. The van der Waals surface area contributed by atoms with Crippen molar-refractivity contribution in [2.75, 3.05) is 6.54 Å². The minimum atomic E-state index is -0.452. The first-order chi connectivity index (χ1) is 15.1. The van der Waals surface area contributed by atoms with Crippen molar-refractivity contribution in [2.45, 2.75) is 62.9 Å². The molecule has 2 amide bonds. The summed E-state index contributed by atoms with van der Waals surface area (Å²) in [4.78, 5) is 29.3. The summed E-state index contributed by atoms with van der Waals surface area (Å²) in [5.74, 6) is 0. The summed E-state index contributed by atoms with van der Waals surface area (Å²) >= 11 is 0. The average molecular weight is 421 g/mol. The van der Waals surface area contributed by atoms with Gasteiger partial charge in [0.15, 0.2) is 0 Å². The number of hydrogen-bond acceptors (Lipinski definition) is 4. The molecule has 0 radical (unpaired) electrons. The van der Waals surface area contributed by atoms with E-state index in [0.29, 0.717) is 25.9 Å². The van der Waals surface area contributed by atoms with Gasteiger partial charge in [0.05, 0.1) is 0 Å². The topological polar surface area (TPSA) is 59.1 Å². The van der Waals surface area contributed by atoms with Crippen molar-refractivity contribution in [1.29, 1.82) is 0 Å². The summed E-state index contributed by atoms with van der Waals surface area (Å²) in [6.45, 7) is 1.54. The number of rotatable bonds is 4. The molecule has 6 heteroatoms. The molecular weight excluding hydrogens is 392 g/mol. The molecule has 0 aliphatic carbocycles. The number of piperidine rings is 1. The highest BCUT2D eigenvalue weighted by atomic mass is 16.6. The van der Waals surface area contributed by atoms with Crippen LogP contribution in [0.4, 0.5) is 9.59 Å². The molecule has 3 heterocycles. The molecule has 3 fully saturated rings. The lowest BCUT2D eigenvalue weighted by atomic mass is 9.82. The van der Waals surface area contributed by atoms with Crippen LogP contribution >= 0.6 is 0 Å². The first kappa shape index (κ1) is 19.9. The van der Waals surface area contributed by atoms with Crippen LogP contribution in [0.3, 0.4) is 0 Å². The lowest BCUT2D eigenvalue weighted by Gasteiger charge is -2.48. The summed E-state index contributed by atoms with van der Waals surface area (Å²) < 4.78 is 11.6. The van der Waals surface area contributed by atoms with E-state index in [1.54, 1.807) is 4.90 Å². The Morgan fingerprint density at radius 1 is 0.968 bits per heavy atom. The zero-order valence-corrected chi connectivity index (χ0v) is 17.6. The third kappa shape index (κ3) is 4.11. The van der Waals surface area contributed by atoms with Crippen LogP contribution in [0.5, 0.6) is 0 Å². The Balaban J connectivity index is 1.20. The Labute approximate surface area is 182 Å². The minimum absolute atomic E-state index is 0.0792. The second kappa shape index (κ2) is 8.25. The number of nitrogens with zero attached hydrogens (tertiary/aromatic N) is 2.